The van der Waals surface area contributed by atoms with E-state index in [1.807, 2.05) is 11.8 Å². The number of likely N-dealkylation sites (tertiary alicyclic amines) is 2. The number of carbonyl (C=O) groups is 1. The van der Waals surface area contributed by atoms with Crippen LogP contribution < -0.4 is 0 Å². The first-order valence-corrected chi connectivity index (χ1v) is 10.2. The maximum Gasteiger partial charge on any atom is 0.248 e. The van der Waals surface area contributed by atoms with E-state index in [-0.39, 0.29) is 17.9 Å². The predicted molar refractivity (Wildman–Crippen MR) is 99.7 cm³/mol. The molecule has 1 aromatic heterocycles. The van der Waals surface area contributed by atoms with Crippen molar-refractivity contribution in [1.29, 1.82) is 0 Å². The Morgan fingerprint density at radius 1 is 1.40 bits per heavy atom. The van der Waals surface area contributed by atoms with Gasteiger partial charge in [-0.15, -0.1) is 0 Å². The van der Waals surface area contributed by atoms with Gasteiger partial charge in [-0.05, 0) is 47.6 Å². The Kier molecular flexibility index (Phi) is 6.49. The summed E-state index contributed by atoms with van der Waals surface area (Å²) in [4.78, 5) is 16.8. The summed E-state index contributed by atoms with van der Waals surface area (Å²) in [5.74, 6) is 0.688. The Bertz CT molecular complexity index is 541. The Morgan fingerprint density at radius 2 is 2.20 bits per heavy atom. The van der Waals surface area contributed by atoms with Gasteiger partial charge in [-0.2, -0.15) is 11.3 Å². The van der Waals surface area contributed by atoms with E-state index in [0.717, 1.165) is 52.2 Å². The Hall–Kier alpha value is -0.950. The van der Waals surface area contributed by atoms with Crippen LogP contribution in [0.2, 0.25) is 0 Å². The first-order chi connectivity index (χ1) is 12.2. The number of piperidine rings is 1. The Labute approximate surface area is 154 Å². The number of thiophene rings is 1. The molecule has 0 aromatic carbocycles. The molecule has 2 saturated heterocycles. The van der Waals surface area contributed by atoms with Crippen molar-refractivity contribution in [2.24, 2.45) is 11.3 Å². The van der Waals surface area contributed by atoms with Crippen molar-refractivity contribution >= 4 is 17.2 Å². The second-order valence-corrected chi connectivity index (χ2v) is 8.11. The zero-order chi connectivity index (χ0) is 17.7. The van der Waals surface area contributed by atoms with E-state index >= 15 is 0 Å². The molecular weight excluding hydrogens is 336 g/mol. The van der Waals surface area contributed by atoms with Crippen LogP contribution in [-0.2, 0) is 20.8 Å². The van der Waals surface area contributed by atoms with Crippen LogP contribution in [0.5, 0.6) is 0 Å². The van der Waals surface area contributed by atoms with Crippen LogP contribution in [0.15, 0.2) is 16.8 Å². The number of carbonyl (C=O) groups excluding carboxylic acids is 1. The lowest BCUT2D eigenvalue weighted by molar-refractivity contribution is -0.138. The monoisotopic (exact) mass is 366 g/mol. The van der Waals surface area contributed by atoms with Crippen molar-refractivity contribution in [3.8, 4) is 0 Å². The smallest absolute Gasteiger partial charge is 0.248 e. The van der Waals surface area contributed by atoms with Gasteiger partial charge in [-0.3, -0.25) is 9.69 Å². The Balaban J connectivity index is 1.60. The van der Waals surface area contributed by atoms with Gasteiger partial charge in [0.2, 0.25) is 5.91 Å². The van der Waals surface area contributed by atoms with Crippen LogP contribution in [0, 0.1) is 11.3 Å². The van der Waals surface area contributed by atoms with Gasteiger partial charge in [0.05, 0.1) is 6.61 Å². The molecule has 25 heavy (non-hydrogen) atoms. The summed E-state index contributed by atoms with van der Waals surface area (Å²) in [6, 6.07) is 2.22. The molecule has 6 heteroatoms. The third-order valence-electron chi connectivity index (χ3n) is 5.78. The minimum Gasteiger partial charge on any atom is -0.384 e. The van der Waals surface area contributed by atoms with Crippen molar-refractivity contribution in [2.45, 2.75) is 26.3 Å². The van der Waals surface area contributed by atoms with Gasteiger partial charge in [-0.25, -0.2) is 0 Å². The molecule has 1 aromatic rings. The van der Waals surface area contributed by atoms with Gasteiger partial charge >= 0.3 is 0 Å². The molecular formula is C19H30N2O3S. The first-order valence-electron chi connectivity index (χ1n) is 9.25. The summed E-state index contributed by atoms with van der Waals surface area (Å²) in [5, 5.41) is 4.39. The summed E-state index contributed by atoms with van der Waals surface area (Å²) in [5.41, 5.74) is 1.69. The topological polar surface area (TPSA) is 42.0 Å². The van der Waals surface area contributed by atoms with Crippen LogP contribution in [0.1, 0.15) is 25.3 Å². The van der Waals surface area contributed by atoms with Crippen molar-refractivity contribution in [2.75, 3.05) is 53.1 Å². The van der Waals surface area contributed by atoms with Crippen LogP contribution in [-0.4, -0.2) is 68.8 Å². The molecule has 2 fully saturated rings. The molecule has 3 rings (SSSR count). The van der Waals surface area contributed by atoms with Crippen LogP contribution in [0.25, 0.3) is 0 Å². The number of ether oxygens (including phenoxy) is 2. The van der Waals surface area contributed by atoms with Crippen molar-refractivity contribution < 1.29 is 14.3 Å². The lowest BCUT2D eigenvalue weighted by Crippen LogP contribution is -2.48. The average Bonchev–Trinajstić information content (AvgIpc) is 3.23. The summed E-state index contributed by atoms with van der Waals surface area (Å²) in [7, 11) is 1.80. The number of methoxy groups -OCH3 is 1. The van der Waals surface area contributed by atoms with Crippen molar-refractivity contribution in [3.63, 3.8) is 0 Å². The fraction of sp³-hybridized carbons (Fsp3) is 0.737. The third-order valence-corrected chi connectivity index (χ3v) is 6.51. The predicted octanol–water partition coefficient (Wildman–Crippen LogP) is 2.47. The van der Waals surface area contributed by atoms with E-state index in [9.17, 15) is 4.79 Å². The third kappa shape index (κ3) is 4.42. The van der Waals surface area contributed by atoms with Gasteiger partial charge in [0.25, 0.3) is 0 Å². The molecule has 0 unspecified atom stereocenters. The molecule has 140 valence electrons. The summed E-state index contributed by atoms with van der Waals surface area (Å²) in [6.07, 6.45) is 2.14. The second-order valence-electron chi connectivity index (χ2n) is 7.33. The SMILES string of the molecule is CCOCC(=O)N1CCC2(CC1)CN(Cc1ccsc1)C[C@H]2COC. The van der Waals surface area contributed by atoms with E-state index in [1.165, 1.54) is 5.56 Å². The highest BCUT2D eigenvalue weighted by atomic mass is 32.1. The van der Waals surface area contributed by atoms with Crippen molar-refractivity contribution in [1.82, 2.24) is 9.80 Å². The standard InChI is InChI=1S/C19H30N2O3S/c1-3-24-13-18(22)21-7-5-19(6-8-21)15-20(11-17(19)12-23-2)10-16-4-9-25-14-16/h4,9,14,17H,3,5-8,10-13,15H2,1-2H3/t17-/m0/s1. The number of amides is 1. The fourth-order valence-corrected chi connectivity index (χ4v) is 5.04. The molecule has 3 heterocycles. The van der Waals surface area contributed by atoms with Crippen molar-refractivity contribution in [3.05, 3.63) is 22.4 Å². The molecule has 2 aliphatic rings. The van der Waals surface area contributed by atoms with Crippen LogP contribution in [0.4, 0.5) is 0 Å². The molecule has 0 aliphatic carbocycles. The molecule has 1 amide bonds. The molecule has 0 N–H and O–H groups in total. The largest absolute Gasteiger partial charge is 0.384 e. The van der Waals surface area contributed by atoms with Gasteiger partial charge < -0.3 is 14.4 Å². The number of nitrogens with zero attached hydrogens (tertiary/aromatic N) is 2. The van der Waals surface area contributed by atoms with E-state index < -0.39 is 0 Å². The van der Waals surface area contributed by atoms with Gasteiger partial charge in [0.15, 0.2) is 0 Å². The van der Waals surface area contributed by atoms with E-state index in [2.05, 4.69) is 21.7 Å². The Morgan fingerprint density at radius 3 is 2.84 bits per heavy atom. The quantitative estimate of drug-likeness (QED) is 0.743. The van der Waals surface area contributed by atoms with Gasteiger partial charge in [-0.1, -0.05) is 0 Å². The minimum atomic E-state index is 0.133. The zero-order valence-corrected chi connectivity index (χ0v) is 16.2. The highest BCUT2D eigenvalue weighted by Crippen LogP contribution is 2.45. The van der Waals surface area contributed by atoms with E-state index in [4.69, 9.17) is 9.47 Å². The average molecular weight is 367 g/mol. The molecule has 0 bridgehead atoms. The maximum atomic E-state index is 12.2. The molecule has 0 radical (unpaired) electrons. The normalized spacial score (nSPS) is 23.4. The van der Waals surface area contributed by atoms with Crippen LogP contribution in [0.3, 0.4) is 0 Å². The summed E-state index contributed by atoms with van der Waals surface area (Å²) >= 11 is 1.76. The number of hydrogen-bond acceptors (Lipinski definition) is 5. The van der Waals surface area contributed by atoms with Gasteiger partial charge in [0.1, 0.15) is 6.61 Å². The second kappa shape index (κ2) is 8.62. The molecule has 1 spiro atoms. The molecule has 0 saturated carbocycles. The minimum absolute atomic E-state index is 0.133. The number of hydrogen-bond donors (Lipinski definition) is 0. The van der Waals surface area contributed by atoms with E-state index in [1.54, 1.807) is 18.4 Å². The zero-order valence-electron chi connectivity index (χ0n) is 15.4. The molecule has 1 atom stereocenters. The van der Waals surface area contributed by atoms with Gasteiger partial charge in [0, 0.05) is 52.4 Å². The highest BCUT2D eigenvalue weighted by molar-refractivity contribution is 7.07. The lowest BCUT2D eigenvalue weighted by Gasteiger charge is -2.42. The maximum absolute atomic E-state index is 12.2. The van der Waals surface area contributed by atoms with E-state index in [0.29, 0.717) is 12.5 Å². The summed E-state index contributed by atoms with van der Waals surface area (Å²) < 4.78 is 10.8. The molecule has 2 aliphatic heterocycles. The highest BCUT2D eigenvalue weighted by Gasteiger charge is 2.48. The summed E-state index contributed by atoms with van der Waals surface area (Å²) in [6.45, 7) is 8.48. The lowest BCUT2D eigenvalue weighted by atomic mass is 9.71. The van der Waals surface area contributed by atoms with Crippen LogP contribution >= 0.6 is 11.3 Å². The first kappa shape index (κ1) is 18.8. The fourth-order valence-electron chi connectivity index (χ4n) is 4.38. The number of rotatable bonds is 7. The molecule has 5 nitrogen and oxygen atoms in total.